The summed E-state index contributed by atoms with van der Waals surface area (Å²) >= 11 is 3.77. The number of aromatic nitrogens is 9. The van der Waals surface area contributed by atoms with Crippen LogP contribution in [0.2, 0.25) is 0 Å². The molecule has 0 N–H and O–H groups in total. The fourth-order valence-electron chi connectivity index (χ4n) is 15.6. The van der Waals surface area contributed by atoms with Crippen molar-refractivity contribution in [3.05, 3.63) is 334 Å². The van der Waals surface area contributed by atoms with Crippen LogP contribution in [0.4, 0.5) is 0 Å². The number of benzene rings is 14. The largest absolute Gasteiger partial charge is 0.309 e. The Labute approximate surface area is 591 Å². The van der Waals surface area contributed by atoms with Crippen LogP contribution < -0.4 is 0 Å². The molecule has 11 heteroatoms. The maximum Gasteiger partial charge on any atom is 0.238 e. The molecule has 9 nitrogen and oxygen atoms in total. The third kappa shape index (κ3) is 9.12. The summed E-state index contributed by atoms with van der Waals surface area (Å²) in [5.74, 6) is 2.52. The molecule has 0 saturated heterocycles. The van der Waals surface area contributed by atoms with Crippen molar-refractivity contribution in [2.75, 3.05) is 0 Å². The van der Waals surface area contributed by atoms with E-state index in [-0.39, 0.29) is 0 Å². The molecule has 0 unspecified atom stereocenters. The molecule has 0 fully saturated rings. The van der Waals surface area contributed by atoms with Crippen molar-refractivity contribution in [1.82, 2.24) is 43.2 Å². The molecule has 14 aromatic carbocycles. The van der Waals surface area contributed by atoms with Crippen molar-refractivity contribution >= 4 is 150 Å². The molecule has 0 saturated carbocycles. The number of fused-ring (bicyclic) bond motifs is 20. The van der Waals surface area contributed by atoms with Crippen LogP contribution in [0.5, 0.6) is 0 Å². The van der Waals surface area contributed by atoms with Crippen molar-refractivity contribution in [1.29, 1.82) is 0 Å². The van der Waals surface area contributed by atoms with Crippen LogP contribution >= 0.6 is 22.7 Å². The zero-order chi connectivity index (χ0) is 66.9. The van der Waals surface area contributed by atoms with Crippen LogP contribution in [0.25, 0.3) is 196 Å². The lowest BCUT2D eigenvalue weighted by atomic mass is 10.1. The topological polar surface area (TPSA) is 84.2 Å². The Morgan fingerprint density at radius 3 is 0.951 bits per heavy atom. The average molecular weight is 1340 g/mol. The van der Waals surface area contributed by atoms with E-state index in [1.807, 2.05) is 95.5 Å². The molecule has 8 heterocycles. The first-order valence-corrected chi connectivity index (χ1v) is 35.9. The standard InChI is InChI=1S/C46H28N4S.C45H27N5S/c1-3-13-29(14-4-1)37-28-38(30-15-5-2-6-16-30)48-46(47-37)50-39-20-10-7-17-32(39)36-27-31(23-25-41(36)50)49-40-21-11-8-19-35(40)44-42(49)26-24-34-33-18-9-12-22-43(33)51-45(34)44;1-3-13-28(14-4-1)43-46-44(29-15-5-2-6-16-29)48-45(47-43)50-36-20-10-7-17-31(36)35-27-30(23-25-38(35)50)49-37-21-11-8-19-34(37)41-39(49)26-24-33-32-18-9-12-22-40(32)51-42(33)41/h1-28H;1-27H. The summed E-state index contributed by atoms with van der Waals surface area (Å²) in [5, 5.41) is 15.0. The quantitative estimate of drug-likeness (QED) is 0.151. The normalized spacial score (nSPS) is 11.9. The van der Waals surface area contributed by atoms with Gasteiger partial charge >= 0.3 is 0 Å². The second-order valence-electron chi connectivity index (χ2n) is 25.9. The van der Waals surface area contributed by atoms with E-state index in [0.717, 1.165) is 88.6 Å². The van der Waals surface area contributed by atoms with E-state index < -0.39 is 0 Å². The zero-order valence-corrected chi connectivity index (χ0v) is 56.2. The molecule has 0 atom stereocenters. The SMILES string of the molecule is c1ccc(-c2cc(-c3ccccc3)nc(-n3c4ccccc4c4cc(-n5c6ccccc6c6c7sc8ccccc8c7ccc65)ccc43)n2)cc1.c1ccc(-c2nc(-c3ccccc3)nc(-n3c4ccccc4c4cc(-n5c6ccccc6c6c7sc8ccccc8c7ccc65)ccc43)n2)cc1. The minimum atomic E-state index is 0.589. The Hall–Kier alpha value is -13.2. The molecular formula is C91H55N9S2. The summed E-state index contributed by atoms with van der Waals surface area (Å²) in [6.07, 6.45) is 0. The Morgan fingerprint density at radius 2 is 0.529 bits per heavy atom. The second kappa shape index (κ2) is 23.2. The van der Waals surface area contributed by atoms with Crippen molar-refractivity contribution in [2.24, 2.45) is 0 Å². The van der Waals surface area contributed by atoms with Gasteiger partial charge in [-0.2, -0.15) is 9.97 Å². The molecule has 0 aliphatic carbocycles. The number of rotatable bonds is 8. The first-order valence-electron chi connectivity index (χ1n) is 34.2. The van der Waals surface area contributed by atoms with Crippen LogP contribution in [0.1, 0.15) is 0 Å². The maximum atomic E-state index is 5.22. The van der Waals surface area contributed by atoms with E-state index in [4.69, 9.17) is 24.9 Å². The molecule has 0 radical (unpaired) electrons. The van der Waals surface area contributed by atoms with Crippen LogP contribution in [-0.2, 0) is 0 Å². The fourth-order valence-corrected chi connectivity index (χ4v) is 18.1. The highest BCUT2D eigenvalue weighted by Crippen LogP contribution is 2.47. The van der Waals surface area contributed by atoms with Gasteiger partial charge in [-0.25, -0.2) is 15.0 Å². The van der Waals surface area contributed by atoms with Gasteiger partial charge in [-0.15, -0.1) is 22.7 Å². The summed E-state index contributed by atoms with van der Waals surface area (Å²) < 4.78 is 14.6. The third-order valence-corrected chi connectivity index (χ3v) is 22.5. The van der Waals surface area contributed by atoms with Gasteiger partial charge < -0.3 is 9.13 Å². The lowest BCUT2D eigenvalue weighted by molar-refractivity contribution is 0.953. The summed E-state index contributed by atoms with van der Waals surface area (Å²) in [5.41, 5.74) is 17.1. The van der Waals surface area contributed by atoms with E-state index in [1.165, 1.54) is 84.0 Å². The van der Waals surface area contributed by atoms with Crippen molar-refractivity contribution in [3.8, 4) is 68.6 Å². The van der Waals surface area contributed by atoms with Crippen LogP contribution in [0.3, 0.4) is 0 Å². The van der Waals surface area contributed by atoms with Gasteiger partial charge in [0, 0.05) is 117 Å². The van der Waals surface area contributed by atoms with Crippen molar-refractivity contribution in [3.63, 3.8) is 0 Å². The Bertz CT molecular complexity index is 6580. The van der Waals surface area contributed by atoms with Gasteiger partial charge in [0.05, 0.1) is 55.5 Å². The summed E-state index contributed by atoms with van der Waals surface area (Å²) in [4.78, 5) is 25.6. The highest BCUT2D eigenvalue weighted by molar-refractivity contribution is 7.27. The zero-order valence-electron chi connectivity index (χ0n) is 54.6. The highest BCUT2D eigenvalue weighted by atomic mass is 32.1. The van der Waals surface area contributed by atoms with Gasteiger partial charge in [0.2, 0.25) is 11.9 Å². The van der Waals surface area contributed by atoms with E-state index in [9.17, 15) is 0 Å². The second-order valence-corrected chi connectivity index (χ2v) is 28.0. The fraction of sp³-hybridized carbons (Fsp3) is 0. The monoisotopic (exact) mass is 1340 g/mol. The smallest absolute Gasteiger partial charge is 0.238 e. The number of thiophene rings is 2. The van der Waals surface area contributed by atoms with Crippen LogP contribution in [0.15, 0.2) is 334 Å². The number of hydrogen-bond acceptors (Lipinski definition) is 7. The predicted octanol–water partition coefficient (Wildman–Crippen LogP) is 24.1. The molecular weight excluding hydrogens is 1280 g/mol. The lowest BCUT2D eigenvalue weighted by Gasteiger charge is -2.12. The minimum Gasteiger partial charge on any atom is -0.309 e. The Balaban J connectivity index is 0.000000133. The lowest BCUT2D eigenvalue weighted by Crippen LogP contribution is -2.06. The molecule has 102 heavy (non-hydrogen) atoms. The Kier molecular flexibility index (Phi) is 13.2. The molecule has 0 spiro atoms. The van der Waals surface area contributed by atoms with E-state index in [0.29, 0.717) is 23.5 Å². The van der Waals surface area contributed by atoms with Gasteiger partial charge in [0.25, 0.3) is 0 Å². The third-order valence-electron chi connectivity index (χ3n) is 20.1. The van der Waals surface area contributed by atoms with Crippen molar-refractivity contribution < 1.29 is 0 Å². The molecule has 0 bridgehead atoms. The molecule has 0 amide bonds. The van der Waals surface area contributed by atoms with E-state index in [1.54, 1.807) is 0 Å². The van der Waals surface area contributed by atoms with Gasteiger partial charge in [-0.3, -0.25) is 9.13 Å². The minimum absolute atomic E-state index is 0.589. The molecule has 22 aromatic rings. The molecule has 0 aliphatic heterocycles. The van der Waals surface area contributed by atoms with Gasteiger partial charge in [0.1, 0.15) is 0 Å². The molecule has 22 rings (SSSR count). The average Bonchev–Trinajstić information content (AvgIpc) is 1.57. The van der Waals surface area contributed by atoms with E-state index >= 15 is 0 Å². The van der Waals surface area contributed by atoms with Crippen molar-refractivity contribution in [2.45, 2.75) is 0 Å². The molecule has 0 aliphatic rings. The van der Waals surface area contributed by atoms with Gasteiger partial charge in [-0.1, -0.05) is 243 Å². The first-order chi connectivity index (χ1) is 50.6. The molecule has 476 valence electrons. The van der Waals surface area contributed by atoms with Crippen LogP contribution in [-0.4, -0.2) is 43.2 Å². The number of nitrogens with zero attached hydrogens (tertiary/aromatic N) is 9. The maximum absolute atomic E-state index is 5.22. The van der Waals surface area contributed by atoms with E-state index in [2.05, 4.69) is 279 Å². The number of para-hydroxylation sites is 4. The number of hydrogen-bond donors (Lipinski definition) is 0. The van der Waals surface area contributed by atoms with Gasteiger partial charge in [0.15, 0.2) is 11.6 Å². The Morgan fingerprint density at radius 1 is 0.206 bits per heavy atom. The molecule has 8 aromatic heterocycles. The van der Waals surface area contributed by atoms with Gasteiger partial charge in [-0.05, 0) is 91.0 Å². The highest BCUT2D eigenvalue weighted by Gasteiger charge is 2.24. The summed E-state index contributed by atoms with van der Waals surface area (Å²) in [7, 11) is 0. The van der Waals surface area contributed by atoms with Crippen LogP contribution in [0, 0.1) is 0 Å². The summed E-state index contributed by atoms with van der Waals surface area (Å²) in [6, 6.07) is 118. The first kappa shape index (κ1) is 57.8. The summed E-state index contributed by atoms with van der Waals surface area (Å²) in [6.45, 7) is 0. The predicted molar refractivity (Wildman–Crippen MR) is 427 cm³/mol.